The van der Waals surface area contributed by atoms with Crippen LogP contribution >= 0.6 is 0 Å². The molecule has 0 saturated carbocycles. The molecule has 0 aliphatic rings. The van der Waals surface area contributed by atoms with E-state index in [0.717, 1.165) is 11.3 Å². The molecule has 0 heterocycles. The largest absolute Gasteiger partial charge is 0.330 e. The molecule has 0 fully saturated rings. The van der Waals surface area contributed by atoms with Gasteiger partial charge in [0.1, 0.15) is 0 Å². The normalized spacial score (nSPS) is 11.9. The minimum atomic E-state index is -0.0613. The van der Waals surface area contributed by atoms with Gasteiger partial charge in [-0.05, 0) is 36.2 Å². The van der Waals surface area contributed by atoms with E-state index in [4.69, 9.17) is 5.73 Å². The predicted molar refractivity (Wildman–Crippen MR) is 83.3 cm³/mol. The summed E-state index contributed by atoms with van der Waals surface area (Å²) in [5.74, 6) is -0.0447. The smallest absolute Gasteiger partial charge is 0.227 e. The Morgan fingerprint density at radius 2 is 1.65 bits per heavy atom. The van der Waals surface area contributed by atoms with Crippen molar-refractivity contribution in [3.05, 3.63) is 54.6 Å². The molecule has 1 atom stereocenters. The molecule has 2 aromatic carbocycles. The third-order valence-electron chi connectivity index (χ3n) is 3.31. The Balaban J connectivity index is 2.04. The molecule has 0 spiro atoms. The molecule has 1 amide bonds. The van der Waals surface area contributed by atoms with E-state index in [-0.39, 0.29) is 11.8 Å². The van der Waals surface area contributed by atoms with Crippen LogP contribution in [0.4, 0.5) is 5.69 Å². The van der Waals surface area contributed by atoms with E-state index in [1.54, 1.807) is 0 Å². The molecule has 104 valence electrons. The molecule has 0 aliphatic heterocycles. The van der Waals surface area contributed by atoms with E-state index in [1.165, 1.54) is 5.56 Å². The third kappa shape index (κ3) is 3.68. The first-order valence-corrected chi connectivity index (χ1v) is 6.87. The van der Waals surface area contributed by atoms with E-state index >= 15 is 0 Å². The molecule has 3 N–H and O–H groups in total. The van der Waals surface area contributed by atoms with Crippen LogP contribution in [-0.2, 0) is 4.79 Å². The summed E-state index contributed by atoms with van der Waals surface area (Å²) < 4.78 is 0. The highest BCUT2D eigenvalue weighted by Gasteiger charge is 2.11. The van der Waals surface area contributed by atoms with Crippen molar-refractivity contribution in [1.82, 2.24) is 0 Å². The number of rotatable bonds is 5. The lowest BCUT2D eigenvalue weighted by Gasteiger charge is -2.11. The van der Waals surface area contributed by atoms with Crippen LogP contribution in [0.3, 0.4) is 0 Å². The highest BCUT2D eigenvalue weighted by atomic mass is 16.1. The third-order valence-corrected chi connectivity index (χ3v) is 3.31. The average molecular weight is 268 g/mol. The van der Waals surface area contributed by atoms with Gasteiger partial charge < -0.3 is 11.1 Å². The van der Waals surface area contributed by atoms with E-state index in [2.05, 4.69) is 17.4 Å². The first kappa shape index (κ1) is 14.3. The molecule has 2 aromatic rings. The van der Waals surface area contributed by atoms with Gasteiger partial charge in [0.25, 0.3) is 0 Å². The lowest BCUT2D eigenvalue weighted by atomic mass is 10.0. The van der Waals surface area contributed by atoms with Crippen LogP contribution in [0.25, 0.3) is 11.1 Å². The number of benzene rings is 2. The quantitative estimate of drug-likeness (QED) is 0.874. The van der Waals surface area contributed by atoms with E-state index in [0.29, 0.717) is 13.0 Å². The Labute approximate surface area is 119 Å². The van der Waals surface area contributed by atoms with Crippen molar-refractivity contribution >= 4 is 11.6 Å². The highest BCUT2D eigenvalue weighted by molar-refractivity contribution is 5.92. The minimum absolute atomic E-state index is 0.0166. The van der Waals surface area contributed by atoms with E-state index in [1.807, 2.05) is 49.4 Å². The number of amides is 1. The first-order chi connectivity index (χ1) is 9.70. The number of anilines is 1. The number of hydrogen-bond donors (Lipinski definition) is 2. The second-order valence-electron chi connectivity index (χ2n) is 4.91. The van der Waals surface area contributed by atoms with Gasteiger partial charge in [-0.2, -0.15) is 0 Å². The Bertz CT molecular complexity index is 549. The fourth-order valence-corrected chi connectivity index (χ4v) is 2.02. The molecule has 0 aliphatic carbocycles. The molecule has 1 unspecified atom stereocenters. The molecule has 3 nitrogen and oxygen atoms in total. The van der Waals surface area contributed by atoms with Gasteiger partial charge in [0, 0.05) is 11.6 Å². The topological polar surface area (TPSA) is 55.1 Å². The summed E-state index contributed by atoms with van der Waals surface area (Å²) in [6.07, 6.45) is 0.702. The number of carbonyl (C=O) groups is 1. The lowest BCUT2D eigenvalue weighted by molar-refractivity contribution is -0.119. The van der Waals surface area contributed by atoms with Crippen LogP contribution in [0, 0.1) is 5.92 Å². The van der Waals surface area contributed by atoms with E-state index < -0.39 is 0 Å². The zero-order valence-corrected chi connectivity index (χ0v) is 11.7. The standard InChI is InChI=1S/C17H20N2O/c1-13(11-12-18)17(20)19-16-9-7-15(8-10-16)14-5-3-2-4-6-14/h2-10,13H,11-12,18H2,1H3,(H,19,20). The monoisotopic (exact) mass is 268 g/mol. The Morgan fingerprint density at radius 3 is 2.25 bits per heavy atom. The minimum Gasteiger partial charge on any atom is -0.330 e. The Hall–Kier alpha value is -2.13. The number of nitrogens with two attached hydrogens (primary N) is 1. The van der Waals surface area contributed by atoms with Crippen LogP contribution in [-0.4, -0.2) is 12.5 Å². The number of hydrogen-bond acceptors (Lipinski definition) is 2. The fourth-order valence-electron chi connectivity index (χ4n) is 2.02. The summed E-state index contributed by atoms with van der Waals surface area (Å²) in [6.45, 7) is 2.42. The molecule has 20 heavy (non-hydrogen) atoms. The van der Waals surface area contributed by atoms with Crippen molar-refractivity contribution < 1.29 is 4.79 Å². The van der Waals surface area contributed by atoms with Crippen molar-refractivity contribution in [3.8, 4) is 11.1 Å². The Kier molecular flexibility index (Phi) is 4.91. The maximum atomic E-state index is 11.9. The first-order valence-electron chi connectivity index (χ1n) is 6.87. The van der Waals surface area contributed by atoms with Crippen molar-refractivity contribution in [3.63, 3.8) is 0 Å². The zero-order valence-electron chi connectivity index (χ0n) is 11.7. The van der Waals surface area contributed by atoms with Crippen molar-refractivity contribution in [2.75, 3.05) is 11.9 Å². The molecule has 0 saturated heterocycles. The van der Waals surface area contributed by atoms with Gasteiger partial charge in [0.15, 0.2) is 0 Å². The molecule has 0 radical (unpaired) electrons. The van der Waals surface area contributed by atoms with Gasteiger partial charge in [-0.15, -0.1) is 0 Å². The van der Waals surface area contributed by atoms with Gasteiger partial charge in [-0.25, -0.2) is 0 Å². The highest BCUT2D eigenvalue weighted by Crippen LogP contribution is 2.21. The van der Waals surface area contributed by atoms with Crippen molar-refractivity contribution in [2.24, 2.45) is 11.7 Å². The van der Waals surface area contributed by atoms with Gasteiger partial charge in [-0.1, -0.05) is 49.4 Å². The Morgan fingerprint density at radius 1 is 1.05 bits per heavy atom. The maximum absolute atomic E-state index is 11.9. The molecule has 0 aromatic heterocycles. The number of carbonyl (C=O) groups excluding carboxylic acids is 1. The average Bonchev–Trinajstić information content (AvgIpc) is 2.49. The van der Waals surface area contributed by atoms with Crippen LogP contribution in [0.15, 0.2) is 54.6 Å². The van der Waals surface area contributed by atoms with Crippen LogP contribution in [0.1, 0.15) is 13.3 Å². The summed E-state index contributed by atoms with van der Waals surface area (Å²) in [4.78, 5) is 11.9. The molecule has 2 rings (SSSR count). The SMILES string of the molecule is CC(CCN)C(=O)Nc1ccc(-c2ccccc2)cc1. The second kappa shape index (κ2) is 6.87. The summed E-state index contributed by atoms with van der Waals surface area (Å²) in [7, 11) is 0. The van der Waals surface area contributed by atoms with Crippen molar-refractivity contribution in [2.45, 2.75) is 13.3 Å². The lowest BCUT2D eigenvalue weighted by Crippen LogP contribution is -2.22. The molecular formula is C17H20N2O. The van der Waals surface area contributed by atoms with Crippen LogP contribution < -0.4 is 11.1 Å². The molecule has 3 heteroatoms. The molecular weight excluding hydrogens is 248 g/mol. The summed E-state index contributed by atoms with van der Waals surface area (Å²) in [5, 5.41) is 2.91. The summed E-state index contributed by atoms with van der Waals surface area (Å²) in [6, 6.07) is 18.0. The zero-order chi connectivity index (χ0) is 14.4. The fraction of sp³-hybridized carbons (Fsp3) is 0.235. The van der Waals surface area contributed by atoms with Gasteiger partial charge in [0.2, 0.25) is 5.91 Å². The van der Waals surface area contributed by atoms with Gasteiger partial charge in [0.05, 0.1) is 0 Å². The summed E-state index contributed by atoms with van der Waals surface area (Å²) in [5.41, 5.74) is 8.59. The predicted octanol–water partition coefficient (Wildman–Crippen LogP) is 3.28. The second-order valence-corrected chi connectivity index (χ2v) is 4.91. The molecule has 0 bridgehead atoms. The van der Waals surface area contributed by atoms with Crippen molar-refractivity contribution in [1.29, 1.82) is 0 Å². The van der Waals surface area contributed by atoms with E-state index in [9.17, 15) is 4.79 Å². The number of nitrogens with one attached hydrogen (secondary N) is 1. The maximum Gasteiger partial charge on any atom is 0.227 e. The van der Waals surface area contributed by atoms with Gasteiger partial charge >= 0.3 is 0 Å². The van der Waals surface area contributed by atoms with Gasteiger partial charge in [-0.3, -0.25) is 4.79 Å². The van der Waals surface area contributed by atoms with Crippen LogP contribution in [0.5, 0.6) is 0 Å². The summed E-state index contributed by atoms with van der Waals surface area (Å²) >= 11 is 0. The van der Waals surface area contributed by atoms with Crippen LogP contribution in [0.2, 0.25) is 0 Å².